The van der Waals surface area contributed by atoms with Crippen LogP contribution in [-0.4, -0.2) is 34.1 Å². The number of nitrogens with zero attached hydrogens (tertiary/aromatic N) is 2. The maximum atomic E-state index is 10.9. The Morgan fingerprint density at radius 1 is 1.41 bits per heavy atom. The van der Waals surface area contributed by atoms with Crippen LogP contribution in [0.1, 0.15) is 24.4 Å². The van der Waals surface area contributed by atoms with Gasteiger partial charge in [0.05, 0.1) is 18.7 Å². The number of benzene rings is 1. The molecule has 0 atom stereocenters. The summed E-state index contributed by atoms with van der Waals surface area (Å²) < 4.78 is 7.32. The first-order valence-corrected chi connectivity index (χ1v) is 7.64. The Morgan fingerprint density at radius 2 is 2.18 bits per heavy atom. The predicted octanol–water partition coefficient (Wildman–Crippen LogP) is 3.18. The van der Waals surface area contributed by atoms with Crippen LogP contribution in [0.15, 0.2) is 30.6 Å². The molecule has 22 heavy (non-hydrogen) atoms. The number of aliphatic carboxylic acids is 1. The lowest BCUT2D eigenvalue weighted by Crippen LogP contribution is -2.19. The van der Waals surface area contributed by atoms with Gasteiger partial charge in [-0.2, -0.15) is 5.10 Å². The van der Waals surface area contributed by atoms with Crippen LogP contribution in [-0.2, 0) is 16.0 Å². The first-order chi connectivity index (χ1) is 10.6. The van der Waals surface area contributed by atoms with Gasteiger partial charge in [0, 0.05) is 35.6 Å². The van der Waals surface area contributed by atoms with Gasteiger partial charge in [-0.25, -0.2) is 0 Å². The zero-order valence-corrected chi connectivity index (χ0v) is 12.8. The minimum atomic E-state index is -0.855. The fourth-order valence-corrected chi connectivity index (χ4v) is 2.93. The number of halogens is 1. The number of ether oxygens (including phenoxy) is 1. The highest BCUT2D eigenvalue weighted by Gasteiger charge is 2.17. The minimum Gasteiger partial charge on any atom is -0.481 e. The Morgan fingerprint density at radius 3 is 2.91 bits per heavy atom. The molecule has 2 aromatic rings. The van der Waals surface area contributed by atoms with Crippen molar-refractivity contribution in [2.45, 2.75) is 25.3 Å². The zero-order valence-electron chi connectivity index (χ0n) is 12.0. The quantitative estimate of drug-likeness (QED) is 0.939. The molecule has 5 nitrogen and oxygen atoms in total. The van der Waals surface area contributed by atoms with Crippen molar-refractivity contribution in [2.24, 2.45) is 0 Å². The van der Waals surface area contributed by atoms with Crippen molar-refractivity contribution in [2.75, 3.05) is 13.2 Å². The molecule has 0 radical (unpaired) electrons. The molecule has 1 aliphatic rings. The summed E-state index contributed by atoms with van der Waals surface area (Å²) in [7, 11) is 0. The lowest BCUT2D eigenvalue weighted by molar-refractivity contribution is -0.136. The molecule has 1 N–H and O–H groups in total. The first kappa shape index (κ1) is 15.1. The van der Waals surface area contributed by atoms with Crippen molar-refractivity contribution in [3.05, 3.63) is 41.2 Å². The Balaban J connectivity index is 1.87. The normalized spacial score (nSPS) is 15.9. The van der Waals surface area contributed by atoms with E-state index in [1.807, 2.05) is 16.9 Å². The number of carboxylic acid groups (broad SMARTS) is 1. The number of rotatable bonds is 4. The van der Waals surface area contributed by atoms with Gasteiger partial charge < -0.3 is 9.84 Å². The van der Waals surface area contributed by atoms with Crippen molar-refractivity contribution < 1.29 is 14.6 Å². The van der Waals surface area contributed by atoms with Crippen LogP contribution in [0.2, 0.25) is 5.02 Å². The van der Waals surface area contributed by atoms with Crippen LogP contribution >= 0.6 is 11.6 Å². The molecule has 1 aromatic carbocycles. The zero-order chi connectivity index (χ0) is 15.5. The third-order valence-corrected chi connectivity index (χ3v) is 4.19. The molecule has 1 aromatic heterocycles. The molecule has 116 valence electrons. The molecule has 0 bridgehead atoms. The monoisotopic (exact) mass is 320 g/mol. The van der Waals surface area contributed by atoms with E-state index in [2.05, 4.69) is 5.10 Å². The Kier molecular flexibility index (Phi) is 4.45. The van der Waals surface area contributed by atoms with Crippen molar-refractivity contribution in [3.8, 4) is 11.1 Å². The number of aromatic nitrogens is 2. The minimum absolute atomic E-state index is 0.0156. The SMILES string of the molecule is O=C(O)Cc1ccc(Cl)c(-c2cnn(C3CCOCC3)c2)c1. The lowest BCUT2D eigenvalue weighted by atomic mass is 10.0. The highest BCUT2D eigenvalue weighted by molar-refractivity contribution is 6.33. The highest BCUT2D eigenvalue weighted by Crippen LogP contribution is 2.30. The molecular formula is C16H17ClN2O3. The maximum absolute atomic E-state index is 10.9. The van der Waals surface area contributed by atoms with Gasteiger partial charge in [0.2, 0.25) is 0 Å². The summed E-state index contributed by atoms with van der Waals surface area (Å²) in [4.78, 5) is 10.9. The second kappa shape index (κ2) is 6.50. The van der Waals surface area contributed by atoms with Gasteiger partial charge in [-0.3, -0.25) is 9.48 Å². The third kappa shape index (κ3) is 3.31. The van der Waals surface area contributed by atoms with Crippen LogP contribution in [0.4, 0.5) is 0 Å². The number of carbonyl (C=O) groups is 1. The summed E-state index contributed by atoms with van der Waals surface area (Å²) >= 11 is 6.26. The molecule has 0 amide bonds. The van der Waals surface area contributed by atoms with Gasteiger partial charge >= 0.3 is 5.97 Å². The van der Waals surface area contributed by atoms with Crippen LogP contribution in [0.3, 0.4) is 0 Å². The van der Waals surface area contributed by atoms with Gasteiger partial charge in [-0.05, 0) is 30.5 Å². The van der Waals surface area contributed by atoms with E-state index in [4.69, 9.17) is 21.4 Å². The van der Waals surface area contributed by atoms with Crippen molar-refractivity contribution in [1.82, 2.24) is 9.78 Å². The summed E-state index contributed by atoms with van der Waals surface area (Å²) in [6.45, 7) is 1.52. The van der Waals surface area contributed by atoms with Crippen molar-refractivity contribution in [1.29, 1.82) is 0 Å². The molecule has 3 rings (SSSR count). The second-order valence-electron chi connectivity index (χ2n) is 5.44. The predicted molar refractivity (Wildman–Crippen MR) is 83.1 cm³/mol. The molecule has 2 heterocycles. The van der Waals surface area contributed by atoms with E-state index >= 15 is 0 Å². The van der Waals surface area contributed by atoms with Crippen LogP contribution in [0.5, 0.6) is 0 Å². The molecule has 1 aliphatic heterocycles. The number of hydrogen-bond donors (Lipinski definition) is 1. The van der Waals surface area contributed by atoms with Gasteiger partial charge in [-0.15, -0.1) is 0 Å². The van der Waals surface area contributed by atoms with Gasteiger partial charge in [-0.1, -0.05) is 17.7 Å². The fourth-order valence-electron chi connectivity index (χ4n) is 2.70. The first-order valence-electron chi connectivity index (χ1n) is 7.26. The van der Waals surface area contributed by atoms with E-state index in [0.717, 1.165) is 42.7 Å². The van der Waals surface area contributed by atoms with Crippen LogP contribution in [0.25, 0.3) is 11.1 Å². The largest absolute Gasteiger partial charge is 0.481 e. The van der Waals surface area contributed by atoms with E-state index in [1.165, 1.54) is 0 Å². The van der Waals surface area contributed by atoms with E-state index in [0.29, 0.717) is 11.1 Å². The average molecular weight is 321 g/mol. The van der Waals surface area contributed by atoms with Crippen molar-refractivity contribution in [3.63, 3.8) is 0 Å². The van der Waals surface area contributed by atoms with Gasteiger partial charge in [0.15, 0.2) is 0 Å². The summed E-state index contributed by atoms with van der Waals surface area (Å²) in [5.41, 5.74) is 2.45. The van der Waals surface area contributed by atoms with Gasteiger partial charge in [0.25, 0.3) is 0 Å². The van der Waals surface area contributed by atoms with Crippen LogP contribution < -0.4 is 0 Å². The Bertz CT molecular complexity index is 678. The molecular weight excluding hydrogens is 304 g/mol. The standard InChI is InChI=1S/C16H17ClN2O3/c17-15-2-1-11(8-16(20)21)7-14(15)12-9-18-19(10-12)13-3-5-22-6-4-13/h1-2,7,9-10,13H,3-6,8H2,(H,20,21). The topological polar surface area (TPSA) is 64.3 Å². The van der Waals surface area contributed by atoms with E-state index < -0.39 is 5.97 Å². The summed E-state index contributed by atoms with van der Waals surface area (Å²) in [5, 5.41) is 13.9. The smallest absolute Gasteiger partial charge is 0.307 e. The third-order valence-electron chi connectivity index (χ3n) is 3.86. The average Bonchev–Trinajstić information content (AvgIpc) is 2.99. The van der Waals surface area contributed by atoms with E-state index in [1.54, 1.807) is 18.3 Å². The van der Waals surface area contributed by atoms with E-state index in [9.17, 15) is 4.79 Å². The molecule has 1 saturated heterocycles. The second-order valence-corrected chi connectivity index (χ2v) is 5.84. The fraction of sp³-hybridized carbons (Fsp3) is 0.375. The highest BCUT2D eigenvalue weighted by atomic mass is 35.5. The Labute approximate surface area is 133 Å². The van der Waals surface area contributed by atoms with Crippen molar-refractivity contribution >= 4 is 17.6 Å². The van der Waals surface area contributed by atoms with Gasteiger partial charge in [0.1, 0.15) is 0 Å². The summed E-state index contributed by atoms with van der Waals surface area (Å²) in [6.07, 6.45) is 5.64. The molecule has 0 aliphatic carbocycles. The van der Waals surface area contributed by atoms with Crippen LogP contribution in [0, 0.1) is 0 Å². The maximum Gasteiger partial charge on any atom is 0.307 e. The molecule has 6 heteroatoms. The molecule has 1 fully saturated rings. The number of hydrogen-bond acceptors (Lipinski definition) is 3. The molecule has 0 saturated carbocycles. The Hall–Kier alpha value is -1.85. The molecule has 0 spiro atoms. The summed E-state index contributed by atoms with van der Waals surface area (Å²) in [5.74, 6) is -0.855. The number of carboxylic acids is 1. The molecule has 0 unspecified atom stereocenters. The lowest BCUT2D eigenvalue weighted by Gasteiger charge is -2.22. The summed E-state index contributed by atoms with van der Waals surface area (Å²) in [6, 6.07) is 5.65. The van der Waals surface area contributed by atoms with E-state index in [-0.39, 0.29) is 6.42 Å².